The van der Waals surface area contributed by atoms with Crippen LogP contribution in [0.25, 0.3) is 11.6 Å². The van der Waals surface area contributed by atoms with Gasteiger partial charge in [0, 0.05) is 16.3 Å². The third-order valence-electron chi connectivity index (χ3n) is 2.97. The maximum Gasteiger partial charge on any atom is 0.265 e. The molecule has 18 heavy (non-hydrogen) atoms. The lowest BCUT2D eigenvalue weighted by molar-refractivity contribution is -0.111. The summed E-state index contributed by atoms with van der Waals surface area (Å²) in [4.78, 5) is 11.7. The molecule has 0 bridgehead atoms. The molecule has 0 N–H and O–H groups in total. The first-order chi connectivity index (χ1) is 8.48. The first kappa shape index (κ1) is 11.4. The average molecular weight is 279 g/mol. The molecule has 1 aromatic carbocycles. The minimum Gasteiger partial charge on any atom is -0.288 e. The molecule has 0 saturated heterocycles. The molecule has 0 spiro atoms. The number of ketones is 1. The molecule has 3 rings (SSSR count). The number of allylic oxidation sites excluding steroid dienone is 5. The number of fused-ring (bicyclic) bond motifs is 3. The van der Waals surface area contributed by atoms with Gasteiger partial charge in [-0.3, -0.25) is 4.79 Å². The lowest BCUT2D eigenvalue weighted by atomic mass is 9.96. The van der Waals surface area contributed by atoms with Crippen molar-refractivity contribution >= 4 is 37.2 Å². The van der Waals surface area contributed by atoms with Crippen LogP contribution in [0.1, 0.15) is 11.1 Å². The highest BCUT2D eigenvalue weighted by Gasteiger charge is 2.33. The van der Waals surface area contributed by atoms with E-state index in [1.807, 2.05) is 24.3 Å². The maximum atomic E-state index is 12.1. The molecule has 90 valence electrons. The molecule has 0 fully saturated rings. The van der Waals surface area contributed by atoms with Crippen molar-refractivity contribution in [3.8, 4) is 0 Å². The van der Waals surface area contributed by atoms with Gasteiger partial charge >= 0.3 is 0 Å². The molecular weight excluding hydrogens is 272 g/mol. The van der Waals surface area contributed by atoms with E-state index in [0.29, 0.717) is 5.57 Å². The summed E-state index contributed by atoms with van der Waals surface area (Å²) in [5, 5.41) is 0. The topological polar surface area (TPSA) is 51.2 Å². The van der Waals surface area contributed by atoms with Gasteiger partial charge in [0.25, 0.3) is 9.05 Å². The van der Waals surface area contributed by atoms with Crippen molar-refractivity contribution in [3.05, 3.63) is 58.0 Å². The van der Waals surface area contributed by atoms with Crippen LogP contribution < -0.4 is 0 Å². The van der Waals surface area contributed by atoms with E-state index in [4.69, 9.17) is 10.7 Å². The Balaban J connectivity index is 2.22. The summed E-state index contributed by atoms with van der Waals surface area (Å²) in [5.41, 5.74) is 2.98. The number of hydrogen-bond acceptors (Lipinski definition) is 3. The molecule has 0 unspecified atom stereocenters. The highest BCUT2D eigenvalue weighted by molar-refractivity contribution is 8.17. The molecule has 3 nitrogen and oxygen atoms in total. The van der Waals surface area contributed by atoms with E-state index in [0.717, 1.165) is 16.7 Å². The van der Waals surface area contributed by atoms with Crippen molar-refractivity contribution in [2.24, 2.45) is 0 Å². The van der Waals surface area contributed by atoms with Crippen LogP contribution in [-0.4, -0.2) is 14.2 Å². The predicted molar refractivity (Wildman–Crippen MR) is 70.3 cm³/mol. The molecule has 0 heterocycles. The SMILES string of the molecule is O=C1C2=Cc3ccccc3C2=CC=C1S(=O)(=O)Cl. The van der Waals surface area contributed by atoms with E-state index in [-0.39, 0.29) is 4.91 Å². The van der Waals surface area contributed by atoms with Gasteiger partial charge in [-0.15, -0.1) is 0 Å². The van der Waals surface area contributed by atoms with Crippen LogP contribution in [0, 0.1) is 0 Å². The van der Waals surface area contributed by atoms with Gasteiger partial charge in [-0.1, -0.05) is 30.3 Å². The first-order valence-corrected chi connectivity index (χ1v) is 7.52. The number of carbonyl (C=O) groups is 1. The Bertz CT molecular complexity index is 767. The molecule has 2 aliphatic carbocycles. The Morgan fingerprint density at radius 1 is 1.00 bits per heavy atom. The van der Waals surface area contributed by atoms with Gasteiger partial charge in [-0.2, -0.15) is 0 Å². The Labute approximate surface area is 108 Å². The summed E-state index contributed by atoms with van der Waals surface area (Å²) < 4.78 is 22.6. The number of rotatable bonds is 1. The Morgan fingerprint density at radius 3 is 2.44 bits per heavy atom. The number of hydrogen-bond donors (Lipinski definition) is 0. The van der Waals surface area contributed by atoms with Crippen LogP contribution in [-0.2, 0) is 13.8 Å². The molecule has 2 aliphatic rings. The number of halogens is 1. The second-order valence-electron chi connectivity index (χ2n) is 4.02. The summed E-state index contributed by atoms with van der Waals surface area (Å²) in [6, 6.07) is 7.51. The smallest absolute Gasteiger partial charge is 0.265 e. The van der Waals surface area contributed by atoms with Gasteiger partial charge in [-0.25, -0.2) is 8.42 Å². The zero-order valence-corrected chi connectivity index (χ0v) is 10.6. The number of carbonyl (C=O) groups excluding carboxylic acids is 1. The highest BCUT2D eigenvalue weighted by Crippen LogP contribution is 2.40. The Hall–Kier alpha value is -1.65. The van der Waals surface area contributed by atoms with Crippen molar-refractivity contribution in [3.63, 3.8) is 0 Å². The van der Waals surface area contributed by atoms with Gasteiger partial charge in [0.05, 0.1) is 0 Å². The average Bonchev–Trinajstić information content (AvgIpc) is 2.68. The minimum atomic E-state index is -4.00. The standard InChI is InChI=1S/C13H7ClO3S/c14-18(16,17)12-6-5-10-9-4-2-1-3-8(9)7-11(10)13(12)15/h1-7H. The fourth-order valence-electron chi connectivity index (χ4n) is 2.17. The van der Waals surface area contributed by atoms with E-state index >= 15 is 0 Å². The fraction of sp³-hybridized carbons (Fsp3) is 0. The molecule has 0 saturated carbocycles. The quantitative estimate of drug-likeness (QED) is 0.742. The van der Waals surface area contributed by atoms with Crippen molar-refractivity contribution < 1.29 is 13.2 Å². The van der Waals surface area contributed by atoms with Crippen LogP contribution >= 0.6 is 10.7 Å². The van der Waals surface area contributed by atoms with Gasteiger partial charge < -0.3 is 0 Å². The zero-order valence-electron chi connectivity index (χ0n) is 9.05. The van der Waals surface area contributed by atoms with Crippen molar-refractivity contribution in [2.75, 3.05) is 0 Å². The summed E-state index contributed by atoms with van der Waals surface area (Å²) in [6.07, 6.45) is 4.58. The van der Waals surface area contributed by atoms with Gasteiger partial charge in [0.2, 0.25) is 5.78 Å². The lowest BCUT2D eigenvalue weighted by Gasteiger charge is -2.11. The van der Waals surface area contributed by atoms with Crippen LogP contribution in [0.2, 0.25) is 0 Å². The van der Waals surface area contributed by atoms with E-state index in [1.165, 1.54) is 6.08 Å². The van der Waals surface area contributed by atoms with E-state index in [1.54, 1.807) is 12.2 Å². The Morgan fingerprint density at radius 2 is 1.72 bits per heavy atom. The van der Waals surface area contributed by atoms with Gasteiger partial charge in [0.15, 0.2) is 0 Å². The lowest BCUT2D eigenvalue weighted by Crippen LogP contribution is -2.14. The monoisotopic (exact) mass is 278 g/mol. The van der Waals surface area contributed by atoms with Crippen LogP contribution in [0.4, 0.5) is 0 Å². The normalized spacial score (nSPS) is 17.6. The van der Waals surface area contributed by atoms with E-state index in [9.17, 15) is 13.2 Å². The van der Waals surface area contributed by atoms with Crippen LogP contribution in [0.15, 0.2) is 46.9 Å². The zero-order chi connectivity index (χ0) is 12.9. The molecule has 0 amide bonds. The minimum absolute atomic E-state index is 0.369. The van der Waals surface area contributed by atoms with E-state index in [2.05, 4.69) is 0 Å². The molecule has 5 heteroatoms. The molecule has 1 aromatic rings. The van der Waals surface area contributed by atoms with E-state index < -0.39 is 14.8 Å². The highest BCUT2D eigenvalue weighted by atomic mass is 35.7. The van der Waals surface area contributed by atoms with Crippen molar-refractivity contribution in [2.45, 2.75) is 0 Å². The summed E-state index contributed by atoms with van der Waals surface area (Å²) in [7, 11) is 1.23. The molecule has 0 aromatic heterocycles. The largest absolute Gasteiger partial charge is 0.288 e. The Kier molecular flexibility index (Phi) is 2.33. The van der Waals surface area contributed by atoms with Crippen LogP contribution in [0.3, 0.4) is 0 Å². The number of Topliss-reactive ketones (excluding diaryl/α,β-unsaturated/α-hetero) is 1. The number of benzene rings is 1. The van der Waals surface area contributed by atoms with Crippen molar-refractivity contribution in [1.82, 2.24) is 0 Å². The summed E-state index contributed by atoms with van der Waals surface area (Å²) in [6.45, 7) is 0. The second-order valence-corrected chi connectivity index (χ2v) is 6.56. The first-order valence-electron chi connectivity index (χ1n) is 5.21. The molecular formula is C13H7ClO3S. The summed E-state index contributed by atoms with van der Waals surface area (Å²) >= 11 is 0. The summed E-state index contributed by atoms with van der Waals surface area (Å²) in [5.74, 6) is -0.543. The van der Waals surface area contributed by atoms with Gasteiger partial charge in [0.1, 0.15) is 4.91 Å². The molecule has 0 radical (unpaired) electrons. The van der Waals surface area contributed by atoms with Gasteiger partial charge in [-0.05, 0) is 28.9 Å². The molecule has 0 aliphatic heterocycles. The third kappa shape index (κ3) is 1.57. The third-order valence-corrected chi connectivity index (χ3v) is 4.32. The van der Waals surface area contributed by atoms with Crippen molar-refractivity contribution in [1.29, 1.82) is 0 Å². The molecule has 0 atom stereocenters. The van der Waals surface area contributed by atoms with Crippen LogP contribution in [0.5, 0.6) is 0 Å². The fourth-order valence-corrected chi connectivity index (χ4v) is 3.10. The maximum absolute atomic E-state index is 12.1. The second kappa shape index (κ2) is 3.67. The predicted octanol–water partition coefficient (Wildman–Crippen LogP) is 2.50.